The summed E-state index contributed by atoms with van der Waals surface area (Å²) in [6.07, 6.45) is -0.722. The SMILES string of the molecule is CCOc1cc(CN[C@H](C)[C@H](O)c2ccc(O)cc2)cc(Br)c1OCC(=O)N(C)C. The Morgan fingerprint density at radius 3 is 2.47 bits per heavy atom. The number of nitrogens with zero attached hydrogens (tertiary/aromatic N) is 1. The van der Waals surface area contributed by atoms with Crippen LogP contribution in [0.4, 0.5) is 0 Å². The molecule has 2 atom stereocenters. The molecular formula is C22H29BrN2O5. The second-order valence-corrected chi connectivity index (χ2v) is 7.98. The number of phenolic OH excluding ortho intramolecular Hbond substituents is 1. The molecule has 0 heterocycles. The molecule has 0 aliphatic carbocycles. The van der Waals surface area contributed by atoms with Gasteiger partial charge in [0.25, 0.3) is 5.91 Å². The molecule has 0 fully saturated rings. The number of carbonyl (C=O) groups is 1. The number of halogens is 1. The molecule has 0 saturated carbocycles. The largest absolute Gasteiger partial charge is 0.508 e. The van der Waals surface area contributed by atoms with Gasteiger partial charge in [-0.05, 0) is 65.2 Å². The first-order valence-corrected chi connectivity index (χ1v) is 10.5. The summed E-state index contributed by atoms with van der Waals surface area (Å²) in [5.41, 5.74) is 1.65. The zero-order valence-electron chi connectivity index (χ0n) is 17.7. The van der Waals surface area contributed by atoms with Crippen molar-refractivity contribution in [2.75, 3.05) is 27.3 Å². The summed E-state index contributed by atoms with van der Waals surface area (Å²) in [6.45, 7) is 4.63. The number of hydrogen-bond acceptors (Lipinski definition) is 6. The maximum atomic E-state index is 11.8. The highest BCUT2D eigenvalue weighted by Crippen LogP contribution is 2.37. The summed E-state index contributed by atoms with van der Waals surface area (Å²) >= 11 is 3.50. The van der Waals surface area contributed by atoms with Crippen LogP contribution in [0, 0.1) is 0 Å². The highest BCUT2D eigenvalue weighted by Gasteiger charge is 2.18. The fraction of sp³-hybridized carbons (Fsp3) is 0.409. The lowest BCUT2D eigenvalue weighted by Gasteiger charge is -2.22. The number of nitrogens with one attached hydrogen (secondary N) is 1. The van der Waals surface area contributed by atoms with Crippen LogP contribution in [-0.4, -0.2) is 54.4 Å². The number of ether oxygens (including phenoxy) is 2. The zero-order chi connectivity index (χ0) is 22.3. The van der Waals surface area contributed by atoms with Gasteiger partial charge in [0, 0.05) is 26.7 Å². The van der Waals surface area contributed by atoms with E-state index >= 15 is 0 Å². The Hall–Kier alpha value is -2.29. The Labute approximate surface area is 185 Å². The lowest BCUT2D eigenvalue weighted by molar-refractivity contribution is -0.130. The fourth-order valence-electron chi connectivity index (χ4n) is 2.74. The van der Waals surface area contributed by atoms with Crippen LogP contribution in [0.3, 0.4) is 0 Å². The van der Waals surface area contributed by atoms with Gasteiger partial charge >= 0.3 is 0 Å². The van der Waals surface area contributed by atoms with E-state index in [2.05, 4.69) is 21.2 Å². The lowest BCUT2D eigenvalue weighted by Crippen LogP contribution is -2.31. The van der Waals surface area contributed by atoms with E-state index in [1.807, 2.05) is 26.0 Å². The molecule has 0 unspecified atom stereocenters. The number of aromatic hydroxyl groups is 1. The number of rotatable bonds is 10. The standard InChI is InChI=1S/C22H29BrN2O5/c1-5-29-19-11-15(10-18(23)22(19)30-13-20(27)25(3)4)12-24-14(2)21(28)16-6-8-17(26)9-7-16/h6-11,14,21,24,26,28H,5,12-13H2,1-4H3/t14-,21+/m1/s1. The van der Waals surface area contributed by atoms with Crippen LogP contribution >= 0.6 is 15.9 Å². The quantitative estimate of drug-likeness (QED) is 0.483. The Morgan fingerprint density at radius 2 is 1.87 bits per heavy atom. The summed E-state index contributed by atoms with van der Waals surface area (Å²) < 4.78 is 12.1. The average molecular weight is 481 g/mol. The van der Waals surface area contributed by atoms with Crippen molar-refractivity contribution in [3.8, 4) is 17.2 Å². The molecule has 2 aromatic rings. The van der Waals surface area contributed by atoms with Crippen LogP contribution in [0.5, 0.6) is 17.2 Å². The molecule has 3 N–H and O–H groups in total. The molecule has 8 heteroatoms. The molecule has 0 aliphatic rings. The number of carbonyl (C=O) groups excluding carboxylic acids is 1. The van der Waals surface area contributed by atoms with Gasteiger partial charge in [-0.15, -0.1) is 0 Å². The van der Waals surface area contributed by atoms with Crippen LogP contribution in [0.15, 0.2) is 40.9 Å². The smallest absolute Gasteiger partial charge is 0.259 e. The topological polar surface area (TPSA) is 91.3 Å². The molecule has 2 aromatic carbocycles. The first kappa shape index (κ1) is 24.0. The fourth-order valence-corrected chi connectivity index (χ4v) is 3.34. The van der Waals surface area contributed by atoms with Crippen molar-refractivity contribution in [2.45, 2.75) is 32.5 Å². The third kappa shape index (κ3) is 6.62. The van der Waals surface area contributed by atoms with Crippen LogP contribution < -0.4 is 14.8 Å². The first-order chi connectivity index (χ1) is 14.2. The van der Waals surface area contributed by atoms with Crippen molar-refractivity contribution in [1.29, 1.82) is 0 Å². The van der Waals surface area contributed by atoms with E-state index < -0.39 is 6.10 Å². The Morgan fingerprint density at radius 1 is 1.20 bits per heavy atom. The van der Waals surface area contributed by atoms with Crippen molar-refractivity contribution < 1.29 is 24.5 Å². The number of amides is 1. The minimum atomic E-state index is -0.722. The summed E-state index contributed by atoms with van der Waals surface area (Å²) in [4.78, 5) is 13.3. The number of aliphatic hydroxyl groups is 1. The van der Waals surface area contributed by atoms with Gasteiger partial charge in [0.05, 0.1) is 17.2 Å². The molecular weight excluding hydrogens is 452 g/mol. The Bertz CT molecular complexity index is 842. The zero-order valence-corrected chi connectivity index (χ0v) is 19.3. The Kier molecular flexibility index (Phi) is 8.95. The van der Waals surface area contributed by atoms with E-state index in [0.717, 1.165) is 11.1 Å². The van der Waals surface area contributed by atoms with Gasteiger partial charge in [-0.2, -0.15) is 0 Å². The van der Waals surface area contributed by atoms with E-state index in [1.165, 1.54) is 4.90 Å². The second-order valence-electron chi connectivity index (χ2n) is 7.12. The number of likely N-dealkylation sites (N-methyl/N-ethyl adjacent to an activating group) is 1. The molecule has 0 saturated heterocycles. The third-order valence-electron chi connectivity index (χ3n) is 4.54. The lowest BCUT2D eigenvalue weighted by atomic mass is 10.0. The minimum Gasteiger partial charge on any atom is -0.508 e. The second kappa shape index (κ2) is 11.2. The molecule has 7 nitrogen and oxygen atoms in total. The Balaban J connectivity index is 2.08. The van der Waals surface area contributed by atoms with Gasteiger partial charge in [0.15, 0.2) is 18.1 Å². The van der Waals surface area contributed by atoms with Gasteiger partial charge in [-0.25, -0.2) is 0 Å². The van der Waals surface area contributed by atoms with Gasteiger partial charge in [-0.3, -0.25) is 4.79 Å². The number of phenols is 1. The predicted octanol–water partition coefficient (Wildman–Crippen LogP) is 3.23. The van der Waals surface area contributed by atoms with Crippen molar-refractivity contribution in [3.05, 3.63) is 52.0 Å². The molecule has 0 radical (unpaired) electrons. The van der Waals surface area contributed by atoms with Crippen molar-refractivity contribution >= 4 is 21.8 Å². The molecule has 2 rings (SSSR count). The van der Waals surface area contributed by atoms with Gasteiger partial charge in [-0.1, -0.05) is 12.1 Å². The van der Waals surface area contributed by atoms with Gasteiger partial charge < -0.3 is 29.9 Å². The van der Waals surface area contributed by atoms with E-state index in [9.17, 15) is 15.0 Å². The van der Waals surface area contributed by atoms with Crippen LogP contribution in [0.1, 0.15) is 31.1 Å². The highest BCUT2D eigenvalue weighted by atomic mass is 79.9. The van der Waals surface area contributed by atoms with Crippen molar-refractivity contribution in [3.63, 3.8) is 0 Å². The molecule has 30 heavy (non-hydrogen) atoms. The van der Waals surface area contributed by atoms with E-state index in [4.69, 9.17) is 9.47 Å². The number of benzene rings is 2. The normalized spacial score (nSPS) is 12.9. The first-order valence-electron chi connectivity index (χ1n) is 9.71. The average Bonchev–Trinajstić information content (AvgIpc) is 2.71. The van der Waals surface area contributed by atoms with E-state index in [1.54, 1.807) is 38.4 Å². The molecule has 0 aliphatic heterocycles. The minimum absolute atomic E-state index is 0.0842. The molecule has 0 spiro atoms. The summed E-state index contributed by atoms with van der Waals surface area (Å²) in [7, 11) is 3.35. The van der Waals surface area contributed by atoms with Crippen LogP contribution in [0.25, 0.3) is 0 Å². The molecule has 164 valence electrons. The van der Waals surface area contributed by atoms with Crippen molar-refractivity contribution in [1.82, 2.24) is 10.2 Å². The van der Waals surface area contributed by atoms with Crippen LogP contribution in [0.2, 0.25) is 0 Å². The maximum absolute atomic E-state index is 11.8. The van der Waals surface area contributed by atoms with E-state index in [-0.39, 0.29) is 24.3 Å². The third-order valence-corrected chi connectivity index (χ3v) is 5.13. The summed E-state index contributed by atoms with van der Waals surface area (Å²) in [5, 5.41) is 23.2. The van der Waals surface area contributed by atoms with Gasteiger partial charge in [0.1, 0.15) is 5.75 Å². The van der Waals surface area contributed by atoms with E-state index in [0.29, 0.717) is 29.1 Å². The van der Waals surface area contributed by atoms with Crippen molar-refractivity contribution in [2.24, 2.45) is 0 Å². The van der Waals surface area contributed by atoms with Gasteiger partial charge in [0.2, 0.25) is 0 Å². The molecule has 0 bridgehead atoms. The summed E-state index contributed by atoms with van der Waals surface area (Å²) in [6, 6.07) is 10.0. The molecule has 0 aromatic heterocycles. The predicted molar refractivity (Wildman–Crippen MR) is 119 cm³/mol. The maximum Gasteiger partial charge on any atom is 0.259 e. The highest BCUT2D eigenvalue weighted by molar-refractivity contribution is 9.10. The number of aliphatic hydroxyl groups excluding tert-OH is 1. The number of hydrogen-bond donors (Lipinski definition) is 3. The summed E-state index contributed by atoms with van der Waals surface area (Å²) in [5.74, 6) is 1.04. The molecule has 1 amide bonds. The monoisotopic (exact) mass is 480 g/mol. The van der Waals surface area contributed by atoms with Crippen LogP contribution in [-0.2, 0) is 11.3 Å².